The number of nitrogens with zero attached hydrogens (tertiary/aromatic N) is 1. The molecular weight excluding hydrogens is 300 g/mol. The number of esters is 1. The average molecular weight is 316 g/mol. The average Bonchev–Trinajstić information content (AvgIpc) is 3.08. The first-order valence-electron chi connectivity index (χ1n) is 7.71. The number of hydrogen-bond acceptors (Lipinski definition) is 3. The summed E-state index contributed by atoms with van der Waals surface area (Å²) in [4.78, 5) is 15.9. The van der Waals surface area contributed by atoms with Crippen molar-refractivity contribution >= 4 is 5.97 Å². The molecule has 0 unspecified atom stereocenters. The van der Waals surface area contributed by atoms with Gasteiger partial charge in [-0.05, 0) is 42.3 Å². The van der Waals surface area contributed by atoms with Crippen molar-refractivity contribution in [3.63, 3.8) is 0 Å². The summed E-state index contributed by atoms with van der Waals surface area (Å²) < 4.78 is 5.45. The maximum absolute atomic E-state index is 12.6. The highest BCUT2D eigenvalue weighted by Crippen LogP contribution is 2.25. The molecule has 0 radical (unpaired) electrons. The van der Waals surface area contributed by atoms with Crippen molar-refractivity contribution in [3.05, 3.63) is 77.5 Å². The number of benzene rings is 2. The van der Waals surface area contributed by atoms with Gasteiger partial charge < -0.3 is 9.72 Å². The van der Waals surface area contributed by atoms with Gasteiger partial charge >= 0.3 is 5.97 Å². The predicted molar refractivity (Wildman–Crippen MR) is 91.7 cm³/mol. The van der Waals surface area contributed by atoms with Crippen molar-refractivity contribution in [2.75, 3.05) is 0 Å². The Labute approximate surface area is 140 Å². The number of hydrogen-bond donors (Lipinski definition) is 1. The second-order valence-electron chi connectivity index (χ2n) is 5.33. The molecule has 3 aromatic rings. The molecule has 0 aliphatic heterocycles. The molecule has 4 nitrogen and oxygen atoms in total. The molecule has 0 bridgehead atoms. The minimum absolute atomic E-state index is 0.414. The van der Waals surface area contributed by atoms with Crippen molar-refractivity contribution in [2.45, 2.75) is 13.3 Å². The van der Waals surface area contributed by atoms with E-state index in [1.807, 2.05) is 49.4 Å². The molecule has 1 aromatic heterocycles. The van der Waals surface area contributed by atoms with Crippen molar-refractivity contribution in [2.24, 2.45) is 0 Å². The van der Waals surface area contributed by atoms with Crippen LogP contribution in [0, 0.1) is 11.3 Å². The maximum atomic E-state index is 12.6. The predicted octanol–water partition coefficient (Wildman–Crippen LogP) is 4.33. The third kappa shape index (κ3) is 3.21. The van der Waals surface area contributed by atoms with E-state index in [-0.39, 0.29) is 0 Å². The molecule has 0 aliphatic rings. The van der Waals surface area contributed by atoms with E-state index in [1.165, 1.54) is 0 Å². The van der Waals surface area contributed by atoms with E-state index < -0.39 is 5.97 Å². The number of ether oxygens (including phenoxy) is 1. The maximum Gasteiger partial charge on any atom is 0.345 e. The van der Waals surface area contributed by atoms with Gasteiger partial charge in [-0.15, -0.1) is 0 Å². The molecule has 0 amide bonds. The summed E-state index contributed by atoms with van der Waals surface area (Å²) in [5, 5.41) is 8.82. The van der Waals surface area contributed by atoms with Gasteiger partial charge in [-0.3, -0.25) is 0 Å². The van der Waals surface area contributed by atoms with E-state index in [4.69, 9.17) is 10.00 Å². The Morgan fingerprint density at radius 1 is 1.12 bits per heavy atom. The molecule has 2 aromatic carbocycles. The molecule has 24 heavy (non-hydrogen) atoms. The first kappa shape index (κ1) is 15.6. The van der Waals surface area contributed by atoms with Crippen molar-refractivity contribution < 1.29 is 9.53 Å². The van der Waals surface area contributed by atoms with Crippen LogP contribution in [-0.4, -0.2) is 11.0 Å². The lowest BCUT2D eigenvalue weighted by Crippen LogP contribution is -2.08. The van der Waals surface area contributed by atoms with Gasteiger partial charge in [-0.25, -0.2) is 4.79 Å². The standard InChI is InChI=1S/C20H16N2O2/c1-2-16-12-18(19(22-16)15-6-4-3-5-7-15)20(23)24-17-10-8-14(13-21)9-11-17/h3-12,22H,2H2,1H3. The molecule has 0 fully saturated rings. The Morgan fingerprint density at radius 3 is 2.46 bits per heavy atom. The number of nitrogens with one attached hydrogen (secondary N) is 1. The fourth-order valence-corrected chi connectivity index (χ4v) is 2.45. The van der Waals surface area contributed by atoms with Crippen LogP contribution in [0.25, 0.3) is 11.3 Å². The zero-order valence-electron chi connectivity index (χ0n) is 13.2. The first-order valence-corrected chi connectivity index (χ1v) is 7.71. The minimum atomic E-state index is -0.422. The van der Waals surface area contributed by atoms with Crippen molar-refractivity contribution in [1.82, 2.24) is 4.98 Å². The van der Waals surface area contributed by atoms with Crippen molar-refractivity contribution in [3.8, 4) is 23.1 Å². The fourth-order valence-electron chi connectivity index (χ4n) is 2.45. The number of nitriles is 1. The molecule has 0 aliphatic carbocycles. The second kappa shape index (κ2) is 6.84. The molecule has 4 heteroatoms. The number of carbonyl (C=O) groups excluding carboxylic acids is 1. The second-order valence-corrected chi connectivity index (χ2v) is 5.33. The van der Waals surface area contributed by atoms with Crippen molar-refractivity contribution in [1.29, 1.82) is 5.26 Å². The Morgan fingerprint density at radius 2 is 1.83 bits per heavy atom. The number of aryl methyl sites for hydroxylation is 1. The Hall–Kier alpha value is -3.32. The van der Waals surface area contributed by atoms with Crippen LogP contribution in [0.5, 0.6) is 5.75 Å². The molecule has 1 N–H and O–H groups in total. The summed E-state index contributed by atoms with van der Waals surface area (Å²) in [5.41, 5.74) is 3.69. The summed E-state index contributed by atoms with van der Waals surface area (Å²) in [6.45, 7) is 2.02. The molecule has 0 spiro atoms. The highest BCUT2D eigenvalue weighted by atomic mass is 16.5. The largest absolute Gasteiger partial charge is 0.423 e. The van der Waals surface area contributed by atoms with Crippen LogP contribution in [0.4, 0.5) is 0 Å². The van der Waals surface area contributed by atoms with Crippen LogP contribution in [0.3, 0.4) is 0 Å². The Bertz CT molecular complexity index is 888. The number of rotatable bonds is 4. The number of H-pyrrole nitrogens is 1. The molecule has 0 saturated carbocycles. The first-order chi connectivity index (χ1) is 11.7. The van der Waals surface area contributed by atoms with Gasteiger partial charge in [0.2, 0.25) is 0 Å². The monoisotopic (exact) mass is 316 g/mol. The normalized spacial score (nSPS) is 10.2. The molecule has 3 rings (SSSR count). The van der Waals surface area contributed by atoms with E-state index in [1.54, 1.807) is 24.3 Å². The summed E-state index contributed by atoms with van der Waals surface area (Å²) in [5.74, 6) is -0.00762. The summed E-state index contributed by atoms with van der Waals surface area (Å²) >= 11 is 0. The summed E-state index contributed by atoms with van der Waals surface area (Å²) in [6.07, 6.45) is 0.796. The number of carbonyl (C=O) groups is 1. The minimum Gasteiger partial charge on any atom is -0.423 e. The third-order valence-electron chi connectivity index (χ3n) is 3.73. The van der Waals surface area contributed by atoms with Gasteiger partial charge in [0.05, 0.1) is 22.9 Å². The third-order valence-corrected chi connectivity index (χ3v) is 3.73. The lowest BCUT2D eigenvalue weighted by molar-refractivity contribution is 0.0736. The van der Waals surface area contributed by atoms with E-state index in [0.29, 0.717) is 16.9 Å². The summed E-state index contributed by atoms with van der Waals surface area (Å²) in [7, 11) is 0. The van der Waals surface area contributed by atoms with Gasteiger partial charge in [-0.1, -0.05) is 37.3 Å². The van der Waals surface area contributed by atoms with Gasteiger partial charge in [-0.2, -0.15) is 5.26 Å². The van der Waals surface area contributed by atoms with E-state index in [2.05, 4.69) is 4.98 Å². The highest BCUT2D eigenvalue weighted by Gasteiger charge is 2.18. The molecule has 118 valence electrons. The highest BCUT2D eigenvalue weighted by molar-refractivity contribution is 5.98. The Kier molecular flexibility index (Phi) is 4.44. The smallest absolute Gasteiger partial charge is 0.345 e. The molecule has 1 heterocycles. The zero-order chi connectivity index (χ0) is 16.9. The topological polar surface area (TPSA) is 65.9 Å². The van der Waals surface area contributed by atoms with E-state index in [0.717, 1.165) is 23.4 Å². The lowest BCUT2D eigenvalue weighted by Gasteiger charge is -2.06. The van der Waals surface area contributed by atoms with Crippen LogP contribution in [0.15, 0.2) is 60.7 Å². The van der Waals surface area contributed by atoms with Gasteiger partial charge in [0.1, 0.15) is 5.75 Å². The molecular formula is C20H16N2O2. The van der Waals surface area contributed by atoms with Crippen LogP contribution < -0.4 is 4.74 Å². The van der Waals surface area contributed by atoms with Crippen LogP contribution in [0.1, 0.15) is 28.5 Å². The Balaban J connectivity index is 1.91. The molecule has 0 saturated heterocycles. The van der Waals surface area contributed by atoms with Crippen LogP contribution >= 0.6 is 0 Å². The SMILES string of the molecule is CCc1cc(C(=O)Oc2ccc(C#N)cc2)c(-c2ccccc2)[nH]1. The quantitative estimate of drug-likeness (QED) is 0.575. The summed E-state index contributed by atoms with van der Waals surface area (Å²) in [6, 6.07) is 20.0. The van der Waals surface area contributed by atoms with Crippen LogP contribution in [-0.2, 0) is 6.42 Å². The zero-order valence-corrected chi connectivity index (χ0v) is 13.2. The van der Waals surface area contributed by atoms with Gasteiger partial charge in [0.15, 0.2) is 0 Å². The van der Waals surface area contributed by atoms with Crippen LogP contribution in [0.2, 0.25) is 0 Å². The van der Waals surface area contributed by atoms with E-state index in [9.17, 15) is 4.79 Å². The van der Waals surface area contributed by atoms with E-state index >= 15 is 0 Å². The number of aromatic nitrogens is 1. The lowest BCUT2D eigenvalue weighted by atomic mass is 10.1. The fraction of sp³-hybridized carbons (Fsp3) is 0.100. The van der Waals surface area contributed by atoms with Gasteiger partial charge in [0, 0.05) is 5.69 Å². The van der Waals surface area contributed by atoms with Gasteiger partial charge in [0.25, 0.3) is 0 Å². The molecule has 0 atom stereocenters. The number of aromatic amines is 1.